The Bertz CT molecular complexity index is 691. The number of aryl methyl sites for hydroxylation is 1. The molecule has 2 aromatic rings. The summed E-state index contributed by atoms with van der Waals surface area (Å²) in [4.78, 5) is 11.1. The molecule has 22 heavy (non-hydrogen) atoms. The van der Waals surface area contributed by atoms with Gasteiger partial charge >= 0.3 is 5.97 Å². The lowest BCUT2D eigenvalue weighted by atomic mass is 9.82. The van der Waals surface area contributed by atoms with Gasteiger partial charge in [0.05, 0.1) is 17.8 Å². The molecule has 0 amide bonds. The lowest BCUT2D eigenvalue weighted by molar-refractivity contribution is -0.137. The van der Waals surface area contributed by atoms with Gasteiger partial charge in [-0.15, -0.1) is 0 Å². The molecule has 1 aromatic carbocycles. The van der Waals surface area contributed by atoms with E-state index in [9.17, 15) is 4.79 Å². The molecule has 116 valence electrons. The van der Waals surface area contributed by atoms with Crippen LogP contribution in [0.25, 0.3) is 5.69 Å². The topological polar surface area (TPSA) is 55.1 Å². The highest BCUT2D eigenvalue weighted by atomic mass is 35.5. The second-order valence-electron chi connectivity index (χ2n) is 5.74. The summed E-state index contributed by atoms with van der Waals surface area (Å²) >= 11 is 5.96. The molecule has 0 aliphatic heterocycles. The SMILES string of the molecule is CCc1nn(-c2ccc(Cl)cc2)c2c1C(CC(=O)O)CCC2. The van der Waals surface area contributed by atoms with Gasteiger partial charge in [0, 0.05) is 16.3 Å². The zero-order valence-corrected chi connectivity index (χ0v) is 13.3. The summed E-state index contributed by atoms with van der Waals surface area (Å²) in [7, 11) is 0. The molecule has 1 heterocycles. The van der Waals surface area contributed by atoms with Crippen LogP contribution in [0, 0.1) is 0 Å². The summed E-state index contributed by atoms with van der Waals surface area (Å²) < 4.78 is 1.97. The Labute approximate surface area is 134 Å². The standard InChI is InChI=1S/C17H19ClN2O2/c1-2-14-17-11(10-16(21)22)4-3-5-15(17)20(19-14)13-8-6-12(18)7-9-13/h6-9,11H,2-5,10H2,1H3,(H,21,22). The number of rotatable bonds is 4. The van der Waals surface area contributed by atoms with Crippen molar-refractivity contribution in [3.8, 4) is 5.69 Å². The Hall–Kier alpha value is -1.81. The van der Waals surface area contributed by atoms with Gasteiger partial charge < -0.3 is 5.11 Å². The molecular weight excluding hydrogens is 300 g/mol. The molecule has 1 aliphatic carbocycles. The maximum Gasteiger partial charge on any atom is 0.303 e. The molecule has 5 heteroatoms. The van der Waals surface area contributed by atoms with Crippen LogP contribution in [0.15, 0.2) is 24.3 Å². The summed E-state index contributed by atoms with van der Waals surface area (Å²) in [6, 6.07) is 7.62. The van der Waals surface area contributed by atoms with Crippen LogP contribution >= 0.6 is 11.6 Å². The number of benzene rings is 1. The number of carbonyl (C=O) groups is 1. The van der Waals surface area contributed by atoms with E-state index in [2.05, 4.69) is 6.92 Å². The highest BCUT2D eigenvalue weighted by Gasteiger charge is 2.29. The van der Waals surface area contributed by atoms with Crippen molar-refractivity contribution in [2.45, 2.75) is 44.9 Å². The van der Waals surface area contributed by atoms with E-state index >= 15 is 0 Å². The molecule has 0 fully saturated rings. The first-order valence-corrected chi connectivity index (χ1v) is 8.06. The van der Waals surface area contributed by atoms with Crippen molar-refractivity contribution in [1.29, 1.82) is 0 Å². The van der Waals surface area contributed by atoms with E-state index < -0.39 is 5.97 Å². The fourth-order valence-corrected chi connectivity index (χ4v) is 3.49. The van der Waals surface area contributed by atoms with Gasteiger partial charge in [-0.2, -0.15) is 5.10 Å². The van der Waals surface area contributed by atoms with Gasteiger partial charge in [0.2, 0.25) is 0 Å². The first-order valence-electron chi connectivity index (χ1n) is 7.68. The predicted molar refractivity (Wildman–Crippen MR) is 85.9 cm³/mol. The first-order chi connectivity index (χ1) is 10.6. The third-order valence-corrected chi connectivity index (χ3v) is 4.55. The minimum absolute atomic E-state index is 0.0808. The van der Waals surface area contributed by atoms with Crippen molar-refractivity contribution < 1.29 is 9.90 Å². The van der Waals surface area contributed by atoms with Crippen LogP contribution in [0.2, 0.25) is 5.02 Å². The van der Waals surface area contributed by atoms with E-state index in [4.69, 9.17) is 21.8 Å². The van der Waals surface area contributed by atoms with Crippen molar-refractivity contribution in [2.24, 2.45) is 0 Å². The quantitative estimate of drug-likeness (QED) is 0.927. The second-order valence-corrected chi connectivity index (χ2v) is 6.17. The number of halogens is 1. The number of carboxylic acids is 1. The molecule has 1 aliphatic rings. The van der Waals surface area contributed by atoms with Crippen LogP contribution in [0.4, 0.5) is 0 Å². The average Bonchev–Trinajstić information content (AvgIpc) is 2.87. The summed E-state index contributed by atoms with van der Waals surface area (Å²) in [6.07, 6.45) is 3.89. The summed E-state index contributed by atoms with van der Waals surface area (Å²) in [5.74, 6) is -0.656. The van der Waals surface area contributed by atoms with Gasteiger partial charge in [-0.05, 0) is 55.9 Å². The lowest BCUT2D eigenvalue weighted by Gasteiger charge is -2.22. The van der Waals surface area contributed by atoms with E-state index in [1.165, 1.54) is 0 Å². The molecule has 0 radical (unpaired) electrons. The fourth-order valence-electron chi connectivity index (χ4n) is 3.36. The maximum atomic E-state index is 11.1. The number of nitrogens with zero attached hydrogens (tertiary/aromatic N) is 2. The molecule has 0 saturated heterocycles. The molecule has 3 rings (SSSR count). The van der Waals surface area contributed by atoms with Crippen molar-refractivity contribution in [3.63, 3.8) is 0 Å². The van der Waals surface area contributed by atoms with E-state index in [1.807, 2.05) is 28.9 Å². The van der Waals surface area contributed by atoms with Gasteiger partial charge in [-0.3, -0.25) is 4.79 Å². The zero-order valence-electron chi connectivity index (χ0n) is 12.6. The summed E-state index contributed by atoms with van der Waals surface area (Å²) in [6.45, 7) is 2.07. The summed E-state index contributed by atoms with van der Waals surface area (Å²) in [5.41, 5.74) is 4.33. The Morgan fingerprint density at radius 2 is 2.14 bits per heavy atom. The molecule has 1 unspecified atom stereocenters. The minimum atomic E-state index is -0.737. The molecule has 1 N–H and O–H groups in total. The Morgan fingerprint density at radius 3 is 2.77 bits per heavy atom. The number of aliphatic carboxylic acids is 1. The van der Waals surface area contributed by atoms with Crippen LogP contribution in [0.5, 0.6) is 0 Å². The van der Waals surface area contributed by atoms with E-state index in [0.29, 0.717) is 5.02 Å². The number of hydrogen-bond donors (Lipinski definition) is 1. The van der Waals surface area contributed by atoms with Crippen molar-refractivity contribution in [2.75, 3.05) is 0 Å². The predicted octanol–water partition coefficient (Wildman–Crippen LogP) is 3.98. The lowest BCUT2D eigenvalue weighted by Crippen LogP contribution is -2.15. The Morgan fingerprint density at radius 1 is 1.41 bits per heavy atom. The van der Waals surface area contributed by atoms with Crippen LogP contribution in [-0.2, 0) is 17.6 Å². The average molecular weight is 319 g/mol. The van der Waals surface area contributed by atoms with Gasteiger partial charge in [0.15, 0.2) is 0 Å². The number of hydrogen-bond acceptors (Lipinski definition) is 2. The normalized spacial score (nSPS) is 17.3. The van der Waals surface area contributed by atoms with Gasteiger partial charge in [-0.25, -0.2) is 4.68 Å². The summed E-state index contributed by atoms with van der Waals surface area (Å²) in [5, 5.41) is 14.6. The Balaban J connectivity index is 2.08. The molecule has 1 aromatic heterocycles. The fraction of sp³-hybridized carbons (Fsp3) is 0.412. The molecular formula is C17H19ClN2O2. The number of carboxylic acid groups (broad SMARTS) is 1. The maximum absolute atomic E-state index is 11.1. The molecule has 0 bridgehead atoms. The molecule has 4 nitrogen and oxygen atoms in total. The first kappa shape index (κ1) is 15.1. The second kappa shape index (κ2) is 6.13. The smallest absolute Gasteiger partial charge is 0.303 e. The number of fused-ring (bicyclic) bond motifs is 1. The van der Waals surface area contributed by atoms with E-state index in [1.54, 1.807) is 0 Å². The van der Waals surface area contributed by atoms with E-state index in [-0.39, 0.29) is 12.3 Å². The monoisotopic (exact) mass is 318 g/mol. The Kier molecular flexibility index (Phi) is 4.21. The zero-order chi connectivity index (χ0) is 15.7. The molecule has 0 spiro atoms. The van der Waals surface area contributed by atoms with Crippen LogP contribution in [0.3, 0.4) is 0 Å². The van der Waals surface area contributed by atoms with E-state index in [0.717, 1.165) is 48.3 Å². The van der Waals surface area contributed by atoms with Gasteiger partial charge in [0.1, 0.15) is 0 Å². The van der Waals surface area contributed by atoms with Crippen LogP contribution in [0.1, 0.15) is 49.1 Å². The van der Waals surface area contributed by atoms with Gasteiger partial charge in [0.25, 0.3) is 0 Å². The third kappa shape index (κ3) is 2.75. The van der Waals surface area contributed by atoms with Gasteiger partial charge in [-0.1, -0.05) is 18.5 Å². The molecule has 1 atom stereocenters. The highest BCUT2D eigenvalue weighted by Crippen LogP contribution is 2.37. The number of aromatic nitrogens is 2. The van der Waals surface area contributed by atoms with Crippen molar-refractivity contribution in [1.82, 2.24) is 9.78 Å². The van der Waals surface area contributed by atoms with Crippen molar-refractivity contribution >= 4 is 17.6 Å². The largest absolute Gasteiger partial charge is 0.481 e. The highest BCUT2D eigenvalue weighted by molar-refractivity contribution is 6.30. The molecule has 0 saturated carbocycles. The van der Waals surface area contributed by atoms with Crippen LogP contribution in [-0.4, -0.2) is 20.9 Å². The minimum Gasteiger partial charge on any atom is -0.481 e. The van der Waals surface area contributed by atoms with Crippen molar-refractivity contribution in [3.05, 3.63) is 46.2 Å². The third-order valence-electron chi connectivity index (χ3n) is 4.30. The van der Waals surface area contributed by atoms with Crippen LogP contribution < -0.4 is 0 Å².